The van der Waals surface area contributed by atoms with E-state index in [1.807, 2.05) is 6.07 Å². The van der Waals surface area contributed by atoms with Crippen molar-refractivity contribution in [2.75, 3.05) is 6.54 Å². The fraction of sp³-hybridized carbons (Fsp3) is 0.474. The molecule has 1 aliphatic heterocycles. The summed E-state index contributed by atoms with van der Waals surface area (Å²) >= 11 is 0. The lowest BCUT2D eigenvalue weighted by Crippen LogP contribution is -2.44. The van der Waals surface area contributed by atoms with Crippen LogP contribution in [0.15, 0.2) is 24.3 Å². The van der Waals surface area contributed by atoms with Gasteiger partial charge in [0.25, 0.3) is 5.91 Å². The van der Waals surface area contributed by atoms with E-state index < -0.39 is 5.54 Å². The van der Waals surface area contributed by atoms with E-state index in [2.05, 4.69) is 10.6 Å². The number of nitriles is 1. The molecule has 1 heterocycles. The Hall–Kier alpha value is -2.88. The van der Waals surface area contributed by atoms with Crippen LogP contribution in [-0.2, 0) is 16.1 Å². The second-order valence-electron chi connectivity index (χ2n) is 6.87. The Morgan fingerprint density at radius 3 is 2.58 bits per heavy atom. The molecule has 0 unspecified atom stereocenters. The number of carbonyl (C=O) groups excluding carboxylic acids is 3. The van der Waals surface area contributed by atoms with Crippen molar-refractivity contribution >= 4 is 17.8 Å². The molecule has 1 aromatic rings. The molecule has 3 rings (SSSR count). The Bertz CT molecular complexity index is 745. The molecule has 2 N–H and O–H groups in total. The number of benzene rings is 1. The van der Waals surface area contributed by atoms with Gasteiger partial charge in [-0.05, 0) is 37.0 Å². The summed E-state index contributed by atoms with van der Waals surface area (Å²) in [5.74, 6) is -0.269. The van der Waals surface area contributed by atoms with E-state index in [4.69, 9.17) is 5.26 Å². The third-order valence-corrected chi connectivity index (χ3v) is 5.06. The molecule has 2 fully saturated rings. The number of hydrogen-bond donors (Lipinski definition) is 2. The van der Waals surface area contributed by atoms with Crippen LogP contribution >= 0.6 is 0 Å². The summed E-state index contributed by atoms with van der Waals surface area (Å²) in [7, 11) is 0. The summed E-state index contributed by atoms with van der Waals surface area (Å²) in [6, 6.07) is 8.72. The molecule has 1 aromatic carbocycles. The number of rotatable bonds is 6. The second kappa shape index (κ2) is 7.56. The Kier molecular flexibility index (Phi) is 5.21. The number of imide groups is 1. The lowest BCUT2D eigenvalue weighted by molar-refractivity contribution is -0.131. The SMILES string of the molecule is N#Cc1ccc(CNC(=O)CCCN2C(=O)NC3(CCCC3)C2=O)cc1. The summed E-state index contributed by atoms with van der Waals surface area (Å²) < 4.78 is 0. The van der Waals surface area contributed by atoms with Crippen LogP contribution in [0.3, 0.4) is 0 Å². The van der Waals surface area contributed by atoms with Gasteiger partial charge in [0.05, 0.1) is 11.6 Å². The van der Waals surface area contributed by atoms with E-state index in [1.54, 1.807) is 24.3 Å². The van der Waals surface area contributed by atoms with Gasteiger partial charge in [-0.3, -0.25) is 14.5 Å². The topological polar surface area (TPSA) is 102 Å². The highest BCUT2D eigenvalue weighted by Gasteiger charge is 2.51. The molecule has 0 aromatic heterocycles. The van der Waals surface area contributed by atoms with Crippen LogP contribution in [0, 0.1) is 11.3 Å². The second-order valence-corrected chi connectivity index (χ2v) is 6.87. The van der Waals surface area contributed by atoms with Gasteiger partial charge in [-0.15, -0.1) is 0 Å². The molecule has 0 atom stereocenters. The lowest BCUT2D eigenvalue weighted by atomic mass is 9.98. The molecule has 1 spiro atoms. The number of hydrogen-bond acceptors (Lipinski definition) is 4. The fourth-order valence-corrected chi connectivity index (χ4v) is 3.58. The van der Waals surface area contributed by atoms with Crippen LogP contribution in [0.2, 0.25) is 0 Å². The fourth-order valence-electron chi connectivity index (χ4n) is 3.58. The molecule has 1 aliphatic carbocycles. The molecule has 136 valence electrons. The van der Waals surface area contributed by atoms with Crippen LogP contribution in [-0.4, -0.2) is 34.8 Å². The first-order chi connectivity index (χ1) is 12.5. The molecule has 1 saturated carbocycles. The van der Waals surface area contributed by atoms with Gasteiger partial charge >= 0.3 is 6.03 Å². The van der Waals surface area contributed by atoms with E-state index in [-0.39, 0.29) is 30.8 Å². The average molecular weight is 354 g/mol. The predicted molar refractivity (Wildman–Crippen MR) is 93.7 cm³/mol. The minimum absolute atomic E-state index is 0.128. The number of amides is 4. The Morgan fingerprint density at radius 1 is 1.23 bits per heavy atom. The van der Waals surface area contributed by atoms with Crippen molar-refractivity contribution in [1.29, 1.82) is 5.26 Å². The minimum Gasteiger partial charge on any atom is -0.352 e. The van der Waals surface area contributed by atoms with Gasteiger partial charge in [-0.1, -0.05) is 25.0 Å². The van der Waals surface area contributed by atoms with E-state index in [1.165, 1.54) is 4.90 Å². The number of nitrogens with zero attached hydrogens (tertiary/aromatic N) is 2. The van der Waals surface area contributed by atoms with E-state index >= 15 is 0 Å². The van der Waals surface area contributed by atoms with Crippen molar-refractivity contribution in [2.45, 2.75) is 50.6 Å². The van der Waals surface area contributed by atoms with Crippen molar-refractivity contribution in [3.05, 3.63) is 35.4 Å². The van der Waals surface area contributed by atoms with Crippen molar-refractivity contribution in [2.24, 2.45) is 0 Å². The molecule has 7 nitrogen and oxygen atoms in total. The number of carbonyl (C=O) groups is 3. The summed E-state index contributed by atoms with van der Waals surface area (Å²) in [5.41, 5.74) is 0.804. The van der Waals surface area contributed by atoms with Gasteiger partial charge < -0.3 is 10.6 Å². The highest BCUT2D eigenvalue weighted by atomic mass is 16.2. The quantitative estimate of drug-likeness (QED) is 0.761. The van der Waals surface area contributed by atoms with Gasteiger partial charge in [0.2, 0.25) is 5.91 Å². The highest BCUT2D eigenvalue weighted by molar-refractivity contribution is 6.07. The van der Waals surface area contributed by atoms with Crippen LogP contribution in [0.5, 0.6) is 0 Å². The lowest BCUT2D eigenvalue weighted by Gasteiger charge is -2.19. The van der Waals surface area contributed by atoms with Crippen LogP contribution < -0.4 is 10.6 Å². The average Bonchev–Trinajstić information content (AvgIpc) is 3.21. The van der Waals surface area contributed by atoms with Gasteiger partial charge in [-0.25, -0.2) is 4.79 Å². The molecule has 26 heavy (non-hydrogen) atoms. The van der Waals surface area contributed by atoms with Crippen molar-refractivity contribution < 1.29 is 14.4 Å². The smallest absolute Gasteiger partial charge is 0.325 e. The maximum absolute atomic E-state index is 12.5. The molecule has 1 saturated heterocycles. The molecule has 7 heteroatoms. The summed E-state index contributed by atoms with van der Waals surface area (Å²) in [4.78, 5) is 37.8. The van der Waals surface area contributed by atoms with Crippen molar-refractivity contribution in [3.8, 4) is 6.07 Å². The minimum atomic E-state index is -0.686. The Balaban J connectivity index is 1.41. The first-order valence-corrected chi connectivity index (χ1v) is 8.94. The third kappa shape index (κ3) is 3.69. The van der Waals surface area contributed by atoms with Crippen molar-refractivity contribution in [1.82, 2.24) is 15.5 Å². The van der Waals surface area contributed by atoms with E-state index in [9.17, 15) is 14.4 Å². The summed E-state index contributed by atoms with van der Waals surface area (Å²) in [6.07, 6.45) is 4.02. The molecule has 0 bridgehead atoms. The molecule has 2 aliphatic rings. The maximum Gasteiger partial charge on any atom is 0.325 e. The standard InChI is InChI=1S/C19H22N4O3/c20-12-14-5-7-15(8-6-14)13-21-16(24)4-3-11-23-17(25)19(22-18(23)26)9-1-2-10-19/h5-8H,1-4,9-11,13H2,(H,21,24)(H,22,26). The van der Waals surface area contributed by atoms with Crippen LogP contribution in [0.1, 0.15) is 49.7 Å². The van der Waals surface area contributed by atoms with Gasteiger partial charge in [0.15, 0.2) is 0 Å². The molecule has 4 amide bonds. The number of urea groups is 1. The van der Waals surface area contributed by atoms with Crippen LogP contribution in [0.4, 0.5) is 4.79 Å². The molecular formula is C19H22N4O3. The first kappa shape index (κ1) is 17.9. The normalized spacial score (nSPS) is 18.0. The summed E-state index contributed by atoms with van der Waals surface area (Å²) in [6.45, 7) is 0.646. The van der Waals surface area contributed by atoms with E-state index in [0.717, 1.165) is 18.4 Å². The largest absolute Gasteiger partial charge is 0.352 e. The Labute approximate surface area is 152 Å². The highest BCUT2D eigenvalue weighted by Crippen LogP contribution is 2.35. The zero-order valence-corrected chi connectivity index (χ0v) is 14.6. The van der Waals surface area contributed by atoms with Gasteiger partial charge in [-0.2, -0.15) is 5.26 Å². The van der Waals surface area contributed by atoms with E-state index in [0.29, 0.717) is 31.4 Å². The summed E-state index contributed by atoms with van der Waals surface area (Å²) in [5, 5.41) is 14.4. The predicted octanol–water partition coefficient (Wildman–Crippen LogP) is 1.82. The van der Waals surface area contributed by atoms with Crippen LogP contribution in [0.25, 0.3) is 0 Å². The third-order valence-electron chi connectivity index (χ3n) is 5.06. The molecular weight excluding hydrogens is 332 g/mol. The van der Waals surface area contributed by atoms with Gasteiger partial charge in [0, 0.05) is 19.5 Å². The number of nitrogens with one attached hydrogen (secondary N) is 2. The monoisotopic (exact) mass is 354 g/mol. The zero-order valence-electron chi connectivity index (χ0n) is 14.6. The van der Waals surface area contributed by atoms with Crippen molar-refractivity contribution in [3.63, 3.8) is 0 Å². The maximum atomic E-state index is 12.5. The Morgan fingerprint density at radius 2 is 1.92 bits per heavy atom. The van der Waals surface area contributed by atoms with Gasteiger partial charge in [0.1, 0.15) is 5.54 Å². The molecule has 0 radical (unpaired) electrons. The first-order valence-electron chi connectivity index (χ1n) is 8.94. The zero-order chi connectivity index (χ0) is 18.6.